The lowest BCUT2D eigenvalue weighted by atomic mass is 10.0. The number of aryl methyl sites for hydroxylation is 1. The zero-order valence-corrected chi connectivity index (χ0v) is 17.6. The quantitative estimate of drug-likeness (QED) is 0.254. The summed E-state index contributed by atoms with van der Waals surface area (Å²) in [5.41, 5.74) is 1.26. The van der Waals surface area contributed by atoms with Gasteiger partial charge in [0.2, 0.25) is 0 Å². The van der Waals surface area contributed by atoms with Crippen LogP contribution >= 0.6 is 0 Å². The Balaban J connectivity index is 1.50. The fraction of sp³-hybridized carbons (Fsp3) is 0.200. The van der Waals surface area contributed by atoms with Crippen molar-refractivity contribution in [3.63, 3.8) is 0 Å². The Morgan fingerprint density at radius 2 is 1.52 bits per heavy atom. The first-order valence-electron chi connectivity index (χ1n) is 9.87. The van der Waals surface area contributed by atoms with Crippen molar-refractivity contribution in [2.24, 2.45) is 0 Å². The number of esters is 1. The summed E-state index contributed by atoms with van der Waals surface area (Å²) < 4.78 is 21.3. The van der Waals surface area contributed by atoms with Gasteiger partial charge in [0, 0.05) is 17.0 Å². The number of carbonyl (C=O) groups is 1. The number of carbonyl (C=O) groups excluding carboxylic acids is 1. The fourth-order valence-electron chi connectivity index (χ4n) is 3.59. The van der Waals surface area contributed by atoms with Crippen LogP contribution in [0.15, 0.2) is 63.8 Å². The van der Waals surface area contributed by atoms with E-state index in [-0.39, 0.29) is 12.8 Å². The SMILES string of the molecule is COc1ccc2ccc(OC(=O)CCc3c(C)c4ccc(OC)cc4oc3=O)cc2c1. The molecule has 0 N–H and O–H groups in total. The van der Waals surface area contributed by atoms with Crippen LogP contribution in [0.1, 0.15) is 17.5 Å². The van der Waals surface area contributed by atoms with Crippen LogP contribution in [0.2, 0.25) is 0 Å². The highest BCUT2D eigenvalue weighted by molar-refractivity contribution is 5.86. The third-order valence-corrected chi connectivity index (χ3v) is 5.32. The molecule has 0 spiro atoms. The van der Waals surface area contributed by atoms with Gasteiger partial charge in [-0.25, -0.2) is 4.79 Å². The molecule has 0 fully saturated rings. The van der Waals surface area contributed by atoms with Gasteiger partial charge >= 0.3 is 11.6 Å². The van der Waals surface area contributed by atoms with Crippen LogP contribution in [-0.2, 0) is 11.2 Å². The van der Waals surface area contributed by atoms with Crippen molar-refractivity contribution in [3.05, 3.63) is 76.1 Å². The Morgan fingerprint density at radius 1 is 0.871 bits per heavy atom. The molecule has 6 heteroatoms. The molecule has 31 heavy (non-hydrogen) atoms. The monoisotopic (exact) mass is 418 g/mol. The van der Waals surface area contributed by atoms with Crippen LogP contribution in [0.3, 0.4) is 0 Å². The van der Waals surface area contributed by atoms with Crippen LogP contribution in [0.5, 0.6) is 17.2 Å². The minimum absolute atomic E-state index is 0.0589. The van der Waals surface area contributed by atoms with Crippen molar-refractivity contribution < 1.29 is 23.4 Å². The van der Waals surface area contributed by atoms with Crippen LogP contribution in [-0.4, -0.2) is 20.2 Å². The van der Waals surface area contributed by atoms with Crippen LogP contribution < -0.4 is 19.8 Å². The van der Waals surface area contributed by atoms with E-state index in [4.69, 9.17) is 18.6 Å². The van der Waals surface area contributed by atoms with E-state index >= 15 is 0 Å². The Bertz CT molecular complexity index is 1340. The summed E-state index contributed by atoms with van der Waals surface area (Å²) in [4.78, 5) is 24.9. The second-order valence-electron chi connectivity index (χ2n) is 7.20. The van der Waals surface area contributed by atoms with E-state index in [1.165, 1.54) is 0 Å². The first-order valence-corrected chi connectivity index (χ1v) is 9.87. The van der Waals surface area contributed by atoms with Crippen molar-refractivity contribution in [3.8, 4) is 17.2 Å². The van der Waals surface area contributed by atoms with Crippen LogP contribution in [0, 0.1) is 6.92 Å². The first kappa shape index (κ1) is 20.5. The summed E-state index contributed by atoms with van der Waals surface area (Å²) in [6.45, 7) is 1.85. The lowest BCUT2D eigenvalue weighted by Crippen LogP contribution is -2.15. The normalized spacial score (nSPS) is 10.9. The van der Waals surface area contributed by atoms with E-state index in [0.29, 0.717) is 22.6 Å². The van der Waals surface area contributed by atoms with Gasteiger partial charge in [-0.05, 0) is 66.1 Å². The highest BCUT2D eigenvalue weighted by Crippen LogP contribution is 2.26. The molecule has 0 atom stereocenters. The summed E-state index contributed by atoms with van der Waals surface area (Å²) in [5.74, 6) is 1.36. The highest BCUT2D eigenvalue weighted by Gasteiger charge is 2.15. The molecule has 0 saturated carbocycles. The second-order valence-corrected chi connectivity index (χ2v) is 7.20. The first-order chi connectivity index (χ1) is 15.0. The molecule has 158 valence electrons. The number of methoxy groups -OCH3 is 2. The Hall–Kier alpha value is -3.80. The Kier molecular flexibility index (Phi) is 5.62. The molecule has 0 unspecified atom stereocenters. The summed E-state index contributed by atoms with van der Waals surface area (Å²) in [6.07, 6.45) is 0.291. The Morgan fingerprint density at radius 3 is 2.26 bits per heavy atom. The minimum atomic E-state index is -0.455. The number of rotatable bonds is 6. The molecule has 0 aliphatic rings. The lowest BCUT2D eigenvalue weighted by molar-refractivity contribution is -0.134. The van der Waals surface area contributed by atoms with Gasteiger partial charge < -0.3 is 18.6 Å². The van der Waals surface area contributed by atoms with Gasteiger partial charge in [0.25, 0.3) is 0 Å². The molecule has 0 saturated heterocycles. The third kappa shape index (κ3) is 4.23. The van der Waals surface area contributed by atoms with E-state index in [1.54, 1.807) is 32.4 Å². The molecule has 0 aliphatic heterocycles. The van der Waals surface area contributed by atoms with Crippen LogP contribution in [0.25, 0.3) is 21.7 Å². The van der Waals surface area contributed by atoms with Crippen LogP contribution in [0.4, 0.5) is 0 Å². The molecule has 0 amide bonds. The zero-order valence-electron chi connectivity index (χ0n) is 17.6. The highest BCUT2D eigenvalue weighted by atomic mass is 16.5. The van der Waals surface area contributed by atoms with Gasteiger partial charge in [-0.3, -0.25) is 4.79 Å². The average molecular weight is 418 g/mol. The molecule has 1 heterocycles. The maximum Gasteiger partial charge on any atom is 0.339 e. The Labute approximate surface area is 179 Å². The number of hydrogen-bond acceptors (Lipinski definition) is 6. The minimum Gasteiger partial charge on any atom is -0.497 e. The zero-order chi connectivity index (χ0) is 22.0. The number of hydrogen-bond donors (Lipinski definition) is 0. The molecule has 4 aromatic rings. The lowest BCUT2D eigenvalue weighted by Gasteiger charge is -2.09. The smallest absolute Gasteiger partial charge is 0.339 e. The summed E-state index contributed by atoms with van der Waals surface area (Å²) >= 11 is 0. The maximum absolute atomic E-state index is 12.5. The summed E-state index contributed by atoms with van der Waals surface area (Å²) in [6, 6.07) is 16.4. The summed E-state index contributed by atoms with van der Waals surface area (Å²) in [5, 5.41) is 2.74. The van der Waals surface area contributed by atoms with E-state index < -0.39 is 11.6 Å². The van der Waals surface area contributed by atoms with Crippen molar-refractivity contribution >= 4 is 27.7 Å². The number of ether oxygens (including phenoxy) is 3. The molecular weight excluding hydrogens is 396 g/mol. The van der Waals surface area contributed by atoms with Gasteiger partial charge in [0.1, 0.15) is 22.8 Å². The second kappa shape index (κ2) is 8.52. The largest absolute Gasteiger partial charge is 0.497 e. The van der Waals surface area contributed by atoms with E-state index in [2.05, 4.69) is 0 Å². The predicted molar refractivity (Wildman–Crippen MR) is 118 cm³/mol. The average Bonchev–Trinajstić information content (AvgIpc) is 2.77. The van der Waals surface area contributed by atoms with Crippen molar-refractivity contribution in [1.29, 1.82) is 0 Å². The van der Waals surface area contributed by atoms with Crippen molar-refractivity contribution in [2.75, 3.05) is 14.2 Å². The van der Waals surface area contributed by atoms with E-state index in [0.717, 1.165) is 27.5 Å². The third-order valence-electron chi connectivity index (χ3n) is 5.32. The van der Waals surface area contributed by atoms with E-state index in [1.807, 2.05) is 43.3 Å². The number of benzene rings is 3. The van der Waals surface area contributed by atoms with Gasteiger partial charge in [-0.15, -0.1) is 0 Å². The molecule has 1 aromatic heterocycles. The predicted octanol–water partition coefficient (Wildman–Crippen LogP) is 4.81. The molecule has 4 rings (SSSR count). The standard InChI is InChI=1S/C25H22O6/c1-15-21-9-8-19(29-3)14-23(21)31-25(27)22(15)10-11-24(26)30-20-7-5-16-4-6-18(28-2)12-17(16)13-20/h4-9,12-14H,10-11H2,1-3H3. The molecule has 0 radical (unpaired) electrons. The summed E-state index contributed by atoms with van der Waals surface area (Å²) in [7, 11) is 3.16. The maximum atomic E-state index is 12.5. The molecule has 3 aromatic carbocycles. The van der Waals surface area contributed by atoms with Gasteiger partial charge in [0.05, 0.1) is 20.6 Å². The van der Waals surface area contributed by atoms with Crippen molar-refractivity contribution in [1.82, 2.24) is 0 Å². The molecule has 0 aliphatic carbocycles. The van der Waals surface area contributed by atoms with Gasteiger partial charge in [-0.1, -0.05) is 12.1 Å². The van der Waals surface area contributed by atoms with Crippen molar-refractivity contribution in [2.45, 2.75) is 19.8 Å². The number of fused-ring (bicyclic) bond motifs is 2. The van der Waals surface area contributed by atoms with Gasteiger partial charge in [-0.2, -0.15) is 0 Å². The van der Waals surface area contributed by atoms with E-state index in [9.17, 15) is 9.59 Å². The topological polar surface area (TPSA) is 75.0 Å². The fourth-order valence-corrected chi connectivity index (χ4v) is 3.59. The van der Waals surface area contributed by atoms with Gasteiger partial charge in [0.15, 0.2) is 0 Å². The molecular formula is C25H22O6. The molecule has 0 bridgehead atoms. The molecule has 6 nitrogen and oxygen atoms in total.